The molecular formula is C17H16N2O2S3. The van der Waals surface area contributed by atoms with Crippen molar-refractivity contribution < 1.29 is 9.32 Å². The van der Waals surface area contributed by atoms with Crippen molar-refractivity contribution in [3.05, 3.63) is 51.7 Å². The summed E-state index contributed by atoms with van der Waals surface area (Å²) in [6.45, 7) is 1.52. The van der Waals surface area contributed by atoms with Crippen LogP contribution >= 0.6 is 34.4 Å². The number of nitrogens with zero attached hydrogens (tertiary/aromatic N) is 2. The van der Waals surface area contributed by atoms with E-state index >= 15 is 0 Å². The Morgan fingerprint density at radius 2 is 2.08 bits per heavy atom. The third kappa shape index (κ3) is 3.29. The van der Waals surface area contributed by atoms with Crippen LogP contribution in [-0.2, 0) is 0 Å². The first kappa shape index (κ1) is 15.9. The zero-order valence-electron chi connectivity index (χ0n) is 12.9. The third-order valence-electron chi connectivity index (χ3n) is 3.98. The van der Waals surface area contributed by atoms with Crippen molar-refractivity contribution in [2.24, 2.45) is 0 Å². The fraction of sp³-hybridized carbons (Fsp3) is 0.294. The standard InChI is InChI=1S/C17H16N2O2S3/c20-17(12-11-13(21-18-12)14-3-1-8-22-14)19-6-5-16(24-10-7-19)15-4-2-9-23-15/h1-4,8-9,11,16H,5-7,10H2/t16-/m0/s1. The van der Waals surface area contributed by atoms with E-state index in [2.05, 4.69) is 22.7 Å². The molecule has 0 radical (unpaired) electrons. The molecule has 1 fully saturated rings. The van der Waals surface area contributed by atoms with E-state index in [1.807, 2.05) is 34.2 Å². The van der Waals surface area contributed by atoms with Crippen molar-refractivity contribution in [3.8, 4) is 10.6 Å². The SMILES string of the molecule is O=C(c1cc(-c2cccs2)on1)N1CCS[C@H](c2cccs2)CC1. The Morgan fingerprint density at radius 3 is 2.88 bits per heavy atom. The summed E-state index contributed by atoms with van der Waals surface area (Å²) in [7, 11) is 0. The van der Waals surface area contributed by atoms with E-state index in [4.69, 9.17) is 4.52 Å². The minimum absolute atomic E-state index is 0.0333. The number of amides is 1. The summed E-state index contributed by atoms with van der Waals surface area (Å²) in [6, 6.07) is 9.96. The van der Waals surface area contributed by atoms with Crippen molar-refractivity contribution in [1.82, 2.24) is 10.1 Å². The zero-order valence-corrected chi connectivity index (χ0v) is 15.3. The van der Waals surface area contributed by atoms with Gasteiger partial charge in [0.2, 0.25) is 0 Å². The predicted octanol–water partition coefficient (Wildman–Crippen LogP) is 4.79. The highest BCUT2D eigenvalue weighted by Gasteiger charge is 2.25. The molecule has 1 atom stereocenters. The molecule has 24 heavy (non-hydrogen) atoms. The van der Waals surface area contributed by atoms with E-state index < -0.39 is 0 Å². The van der Waals surface area contributed by atoms with Gasteiger partial charge in [-0.15, -0.1) is 22.7 Å². The highest BCUT2D eigenvalue weighted by atomic mass is 32.2. The molecule has 0 bridgehead atoms. The third-order valence-corrected chi connectivity index (χ3v) is 7.31. The molecule has 1 aliphatic rings. The molecule has 124 valence electrons. The lowest BCUT2D eigenvalue weighted by Crippen LogP contribution is -2.33. The van der Waals surface area contributed by atoms with Gasteiger partial charge in [-0.3, -0.25) is 4.79 Å². The molecule has 1 aliphatic heterocycles. The number of hydrogen-bond acceptors (Lipinski definition) is 6. The van der Waals surface area contributed by atoms with E-state index in [-0.39, 0.29) is 5.91 Å². The first-order chi connectivity index (χ1) is 11.8. The molecule has 3 aromatic rings. The smallest absolute Gasteiger partial charge is 0.276 e. The zero-order chi connectivity index (χ0) is 16.4. The number of thioether (sulfide) groups is 1. The number of thiophene rings is 2. The summed E-state index contributed by atoms with van der Waals surface area (Å²) in [4.78, 5) is 17.0. The van der Waals surface area contributed by atoms with E-state index in [9.17, 15) is 4.79 Å². The molecule has 1 amide bonds. The predicted molar refractivity (Wildman–Crippen MR) is 99.9 cm³/mol. The molecule has 4 nitrogen and oxygen atoms in total. The Balaban J connectivity index is 1.45. The Morgan fingerprint density at radius 1 is 1.21 bits per heavy atom. The average Bonchev–Trinajstić information content (AvgIpc) is 3.33. The monoisotopic (exact) mass is 376 g/mol. The Bertz CT molecular complexity index is 796. The highest BCUT2D eigenvalue weighted by Crippen LogP contribution is 2.37. The second-order valence-electron chi connectivity index (χ2n) is 5.51. The van der Waals surface area contributed by atoms with Gasteiger partial charge in [0.1, 0.15) is 0 Å². The molecule has 7 heteroatoms. The van der Waals surface area contributed by atoms with Gasteiger partial charge >= 0.3 is 0 Å². The van der Waals surface area contributed by atoms with E-state index in [0.29, 0.717) is 16.7 Å². The Hall–Kier alpha value is -1.57. The van der Waals surface area contributed by atoms with Crippen LogP contribution in [0.4, 0.5) is 0 Å². The van der Waals surface area contributed by atoms with Crippen molar-refractivity contribution >= 4 is 40.3 Å². The van der Waals surface area contributed by atoms with Crippen molar-refractivity contribution in [2.75, 3.05) is 18.8 Å². The molecule has 0 aromatic carbocycles. The average molecular weight is 377 g/mol. The molecule has 0 N–H and O–H groups in total. The molecule has 4 heterocycles. The maximum absolute atomic E-state index is 12.7. The highest BCUT2D eigenvalue weighted by molar-refractivity contribution is 7.99. The fourth-order valence-corrected chi connectivity index (χ4v) is 5.66. The Labute approximate surface area is 152 Å². The van der Waals surface area contributed by atoms with Crippen LogP contribution in [0, 0.1) is 0 Å². The normalized spacial score (nSPS) is 18.5. The van der Waals surface area contributed by atoms with Crippen molar-refractivity contribution in [1.29, 1.82) is 0 Å². The maximum atomic E-state index is 12.7. The Kier molecular flexibility index (Phi) is 4.73. The van der Waals surface area contributed by atoms with E-state index in [1.54, 1.807) is 28.7 Å². The number of aromatic nitrogens is 1. The number of rotatable bonds is 3. The van der Waals surface area contributed by atoms with Gasteiger partial charge in [0.25, 0.3) is 5.91 Å². The molecule has 4 rings (SSSR count). The number of carbonyl (C=O) groups excluding carboxylic acids is 1. The van der Waals surface area contributed by atoms with Gasteiger partial charge in [-0.05, 0) is 29.3 Å². The van der Waals surface area contributed by atoms with Crippen LogP contribution in [0.1, 0.15) is 27.0 Å². The van der Waals surface area contributed by atoms with Gasteiger partial charge in [-0.1, -0.05) is 17.3 Å². The van der Waals surface area contributed by atoms with E-state index in [1.165, 1.54) is 4.88 Å². The summed E-state index contributed by atoms with van der Waals surface area (Å²) < 4.78 is 5.34. The fourth-order valence-electron chi connectivity index (χ4n) is 2.75. The summed E-state index contributed by atoms with van der Waals surface area (Å²) in [6.07, 6.45) is 0.979. The van der Waals surface area contributed by atoms with Gasteiger partial charge < -0.3 is 9.42 Å². The van der Waals surface area contributed by atoms with Crippen molar-refractivity contribution in [2.45, 2.75) is 11.7 Å². The van der Waals surface area contributed by atoms with Crippen molar-refractivity contribution in [3.63, 3.8) is 0 Å². The quantitative estimate of drug-likeness (QED) is 0.660. The van der Waals surface area contributed by atoms with Crippen LogP contribution in [0.15, 0.2) is 45.6 Å². The van der Waals surface area contributed by atoms with Crippen LogP contribution in [0.5, 0.6) is 0 Å². The second kappa shape index (κ2) is 7.13. The molecule has 0 unspecified atom stereocenters. The number of hydrogen-bond donors (Lipinski definition) is 0. The molecule has 0 spiro atoms. The molecule has 1 saturated heterocycles. The summed E-state index contributed by atoms with van der Waals surface area (Å²) in [5, 5.41) is 8.57. The number of carbonyl (C=O) groups is 1. The van der Waals surface area contributed by atoms with Crippen LogP contribution in [0.25, 0.3) is 10.6 Å². The molecule has 0 saturated carbocycles. The van der Waals surface area contributed by atoms with Gasteiger partial charge in [0, 0.05) is 35.0 Å². The van der Waals surface area contributed by atoms with Crippen LogP contribution in [-0.4, -0.2) is 34.8 Å². The van der Waals surface area contributed by atoms with Crippen LogP contribution < -0.4 is 0 Å². The van der Waals surface area contributed by atoms with Gasteiger partial charge in [0.15, 0.2) is 11.5 Å². The van der Waals surface area contributed by atoms with Crippen LogP contribution in [0.2, 0.25) is 0 Å². The molecular weight excluding hydrogens is 360 g/mol. The van der Waals surface area contributed by atoms with Gasteiger partial charge in [0.05, 0.1) is 4.88 Å². The van der Waals surface area contributed by atoms with Gasteiger partial charge in [-0.25, -0.2) is 0 Å². The van der Waals surface area contributed by atoms with E-state index in [0.717, 1.165) is 30.1 Å². The minimum atomic E-state index is -0.0333. The summed E-state index contributed by atoms with van der Waals surface area (Å²) in [5.41, 5.74) is 0.401. The van der Waals surface area contributed by atoms with Crippen LogP contribution in [0.3, 0.4) is 0 Å². The largest absolute Gasteiger partial charge is 0.355 e. The molecule has 3 aromatic heterocycles. The summed E-state index contributed by atoms with van der Waals surface area (Å²) >= 11 is 5.31. The second-order valence-corrected chi connectivity index (χ2v) is 8.75. The van der Waals surface area contributed by atoms with Gasteiger partial charge in [-0.2, -0.15) is 11.8 Å². The first-order valence-electron chi connectivity index (χ1n) is 7.76. The lowest BCUT2D eigenvalue weighted by atomic mass is 10.2. The minimum Gasteiger partial charge on any atom is -0.355 e. The molecule has 0 aliphatic carbocycles. The maximum Gasteiger partial charge on any atom is 0.276 e. The lowest BCUT2D eigenvalue weighted by molar-refractivity contribution is 0.0756. The first-order valence-corrected chi connectivity index (χ1v) is 10.6. The topological polar surface area (TPSA) is 46.3 Å². The summed E-state index contributed by atoms with van der Waals surface area (Å²) in [5.74, 6) is 1.58. The lowest BCUT2D eigenvalue weighted by Gasteiger charge is -2.18.